The van der Waals surface area contributed by atoms with E-state index in [0.717, 1.165) is 6.07 Å². The fourth-order valence-corrected chi connectivity index (χ4v) is 1.88. The number of halogens is 3. The topological polar surface area (TPSA) is 41.6 Å². The zero-order chi connectivity index (χ0) is 11.8. The minimum Gasteiger partial charge on any atom is -0.327 e. The van der Waals surface area contributed by atoms with Crippen LogP contribution in [0.25, 0.3) is 10.7 Å². The van der Waals surface area contributed by atoms with Gasteiger partial charge in [-0.1, -0.05) is 0 Å². The molecule has 0 aliphatic heterocycles. The third kappa shape index (κ3) is 2.27. The van der Waals surface area contributed by atoms with Gasteiger partial charge in [0.1, 0.15) is 16.4 Å². The van der Waals surface area contributed by atoms with Crippen molar-refractivity contribution in [2.75, 3.05) is 0 Å². The predicted molar refractivity (Wildman–Crippen MR) is 55.5 cm³/mol. The molecule has 0 unspecified atom stereocenters. The van der Waals surface area contributed by atoms with E-state index in [9.17, 15) is 13.2 Å². The van der Waals surface area contributed by atoms with Crippen LogP contribution < -0.4 is 0 Å². The summed E-state index contributed by atoms with van der Waals surface area (Å²) < 4.78 is 37.2. The highest BCUT2D eigenvalue weighted by Crippen LogP contribution is 2.30. The van der Waals surface area contributed by atoms with Gasteiger partial charge in [-0.15, -0.1) is 11.3 Å². The van der Waals surface area contributed by atoms with Gasteiger partial charge in [-0.3, -0.25) is 0 Å². The van der Waals surface area contributed by atoms with E-state index >= 15 is 0 Å². The van der Waals surface area contributed by atoms with Gasteiger partial charge in [0.25, 0.3) is 0 Å². The Labute approximate surface area is 97.0 Å². The van der Waals surface area contributed by atoms with Gasteiger partial charge >= 0.3 is 6.18 Å². The first-order valence-corrected chi connectivity index (χ1v) is 5.34. The maximum Gasteiger partial charge on any atom is 0.431 e. The lowest BCUT2D eigenvalue weighted by Crippen LogP contribution is -2.09. The summed E-state index contributed by atoms with van der Waals surface area (Å²) in [5.41, 5.74) is -0.788. The van der Waals surface area contributed by atoms with Crippen molar-refractivity contribution in [3.05, 3.63) is 28.1 Å². The summed E-state index contributed by atoms with van der Waals surface area (Å²) in [4.78, 5) is 9.68. The molecule has 2 aromatic rings. The smallest absolute Gasteiger partial charge is 0.327 e. The number of alkyl halides is 3. The molecule has 0 aliphatic rings. The van der Waals surface area contributed by atoms with E-state index in [1.165, 1.54) is 17.5 Å². The maximum absolute atomic E-state index is 12.5. The van der Waals surface area contributed by atoms with Crippen molar-refractivity contribution < 1.29 is 13.2 Å². The molecule has 0 aromatic carbocycles. The number of aromatic amines is 1. The van der Waals surface area contributed by atoms with E-state index in [0.29, 0.717) is 5.01 Å². The highest BCUT2D eigenvalue weighted by molar-refractivity contribution is 7.71. The van der Waals surface area contributed by atoms with Gasteiger partial charge in [0.15, 0.2) is 4.77 Å². The van der Waals surface area contributed by atoms with Gasteiger partial charge in [0.05, 0.1) is 0 Å². The van der Waals surface area contributed by atoms with Gasteiger partial charge in [-0.2, -0.15) is 13.2 Å². The van der Waals surface area contributed by atoms with Crippen molar-refractivity contribution in [1.29, 1.82) is 0 Å². The molecule has 2 rings (SSSR count). The molecule has 0 saturated heterocycles. The average molecular weight is 263 g/mol. The van der Waals surface area contributed by atoms with Gasteiger partial charge in [0.2, 0.25) is 0 Å². The van der Waals surface area contributed by atoms with Crippen LogP contribution >= 0.6 is 23.6 Å². The molecule has 0 atom stereocenters. The summed E-state index contributed by atoms with van der Waals surface area (Å²) >= 11 is 5.84. The third-order valence-corrected chi connectivity index (χ3v) is 2.69. The maximum atomic E-state index is 12.5. The summed E-state index contributed by atoms with van der Waals surface area (Å²) in [5, 5.41) is 2.06. The molecule has 0 radical (unpaired) electrons. The van der Waals surface area contributed by atoms with Crippen molar-refractivity contribution in [2.24, 2.45) is 0 Å². The highest BCUT2D eigenvalue weighted by atomic mass is 32.1. The monoisotopic (exact) mass is 263 g/mol. The Morgan fingerprint density at radius 1 is 1.38 bits per heavy atom. The summed E-state index contributed by atoms with van der Waals surface area (Å²) in [6.45, 7) is 0. The molecule has 0 spiro atoms. The normalized spacial score (nSPS) is 11.7. The Hall–Kier alpha value is -1.28. The van der Waals surface area contributed by atoms with E-state index < -0.39 is 11.9 Å². The van der Waals surface area contributed by atoms with E-state index in [-0.39, 0.29) is 10.5 Å². The SMILES string of the molecule is FC(F)(F)c1cc(-c2nccs2)nc(=S)[nH]1. The van der Waals surface area contributed by atoms with E-state index in [4.69, 9.17) is 0 Å². The Morgan fingerprint density at radius 2 is 2.12 bits per heavy atom. The number of nitrogens with one attached hydrogen (secondary N) is 1. The number of H-pyrrole nitrogens is 1. The van der Waals surface area contributed by atoms with Crippen molar-refractivity contribution in [1.82, 2.24) is 15.0 Å². The highest BCUT2D eigenvalue weighted by Gasteiger charge is 2.32. The largest absolute Gasteiger partial charge is 0.431 e. The lowest BCUT2D eigenvalue weighted by atomic mass is 10.3. The number of aromatic nitrogens is 3. The molecule has 3 nitrogen and oxygen atoms in total. The summed E-state index contributed by atoms with van der Waals surface area (Å²) in [6.07, 6.45) is -2.97. The Kier molecular flexibility index (Phi) is 2.76. The quantitative estimate of drug-likeness (QED) is 0.803. The van der Waals surface area contributed by atoms with Crippen LogP contribution in [0.4, 0.5) is 13.2 Å². The molecule has 0 fully saturated rings. The van der Waals surface area contributed by atoms with Crippen LogP contribution in [0, 0.1) is 4.77 Å². The molecule has 2 aromatic heterocycles. The summed E-state index contributed by atoms with van der Waals surface area (Å²) in [5.74, 6) is 0. The van der Waals surface area contributed by atoms with E-state index in [1.807, 2.05) is 4.98 Å². The fourth-order valence-electron chi connectivity index (χ4n) is 1.07. The molecule has 1 N–H and O–H groups in total. The van der Waals surface area contributed by atoms with Crippen LogP contribution in [0.3, 0.4) is 0 Å². The van der Waals surface area contributed by atoms with Crippen LogP contribution in [0.5, 0.6) is 0 Å². The number of hydrogen-bond acceptors (Lipinski definition) is 4. The summed E-state index contributed by atoms with van der Waals surface area (Å²) in [7, 11) is 0. The zero-order valence-electron chi connectivity index (χ0n) is 7.58. The molecule has 16 heavy (non-hydrogen) atoms. The Morgan fingerprint density at radius 3 is 2.69 bits per heavy atom. The standard InChI is InChI=1S/C8H4F3N3S2/c9-8(10,11)5-3-4(13-7(15)14-5)6-12-1-2-16-6/h1-3H,(H,13,14,15). The second-order valence-electron chi connectivity index (χ2n) is 2.82. The fraction of sp³-hybridized carbons (Fsp3) is 0.125. The molecular formula is C8H4F3N3S2. The third-order valence-electron chi connectivity index (χ3n) is 1.70. The Balaban J connectivity index is 2.57. The van der Waals surface area contributed by atoms with Crippen LogP contribution in [-0.2, 0) is 6.18 Å². The summed E-state index contributed by atoms with van der Waals surface area (Å²) in [6, 6.07) is 0.897. The molecule has 0 amide bonds. The first kappa shape index (κ1) is 11.2. The Bertz CT molecular complexity index is 544. The van der Waals surface area contributed by atoms with Crippen LogP contribution in [0.2, 0.25) is 0 Å². The van der Waals surface area contributed by atoms with E-state index in [2.05, 4.69) is 22.2 Å². The molecule has 0 saturated carbocycles. The van der Waals surface area contributed by atoms with E-state index in [1.54, 1.807) is 5.38 Å². The molecule has 0 aliphatic carbocycles. The minimum absolute atomic E-state index is 0.131. The van der Waals surface area contributed by atoms with Crippen molar-refractivity contribution in [3.63, 3.8) is 0 Å². The molecule has 84 valence electrons. The molecule has 2 heterocycles. The molecule has 8 heteroatoms. The van der Waals surface area contributed by atoms with Gasteiger partial charge in [0, 0.05) is 11.6 Å². The van der Waals surface area contributed by atoms with Crippen molar-refractivity contribution in [2.45, 2.75) is 6.18 Å². The number of thiazole rings is 1. The number of nitrogens with zero attached hydrogens (tertiary/aromatic N) is 2. The van der Waals surface area contributed by atoms with Crippen molar-refractivity contribution >= 4 is 23.6 Å². The van der Waals surface area contributed by atoms with Crippen LogP contribution in [-0.4, -0.2) is 15.0 Å². The lowest BCUT2D eigenvalue weighted by molar-refractivity contribution is -0.141. The van der Waals surface area contributed by atoms with Gasteiger partial charge < -0.3 is 4.98 Å². The van der Waals surface area contributed by atoms with Crippen molar-refractivity contribution in [3.8, 4) is 10.7 Å². The number of rotatable bonds is 1. The van der Waals surface area contributed by atoms with Crippen LogP contribution in [0.1, 0.15) is 5.69 Å². The first-order chi connectivity index (χ1) is 7.47. The minimum atomic E-state index is -4.47. The first-order valence-electron chi connectivity index (χ1n) is 4.05. The molecular weight excluding hydrogens is 259 g/mol. The van der Waals surface area contributed by atoms with Gasteiger partial charge in [-0.05, 0) is 18.3 Å². The zero-order valence-corrected chi connectivity index (χ0v) is 9.21. The number of hydrogen-bond donors (Lipinski definition) is 1. The second kappa shape index (κ2) is 3.95. The van der Waals surface area contributed by atoms with Crippen LogP contribution in [0.15, 0.2) is 17.6 Å². The van der Waals surface area contributed by atoms with Gasteiger partial charge in [-0.25, -0.2) is 9.97 Å². The lowest BCUT2D eigenvalue weighted by Gasteiger charge is -2.06. The molecule has 0 bridgehead atoms. The second-order valence-corrected chi connectivity index (χ2v) is 4.10. The predicted octanol–water partition coefficient (Wildman–Crippen LogP) is 3.28. The average Bonchev–Trinajstić information content (AvgIpc) is 2.68.